The van der Waals surface area contributed by atoms with Crippen LogP contribution in [0.2, 0.25) is 5.02 Å². The lowest BCUT2D eigenvalue weighted by Gasteiger charge is -2.28. The van der Waals surface area contributed by atoms with Gasteiger partial charge in [0.1, 0.15) is 0 Å². The van der Waals surface area contributed by atoms with Crippen LogP contribution < -0.4 is 0 Å². The zero-order valence-electron chi connectivity index (χ0n) is 11.3. The molecule has 3 rings (SSSR count). The molecular weight excluding hydrogens is 290 g/mol. The first-order valence-electron chi connectivity index (χ1n) is 7.13. The predicted molar refractivity (Wildman–Crippen MR) is 85.8 cm³/mol. The zero-order valence-corrected chi connectivity index (χ0v) is 12.9. The molecule has 0 aliphatic carbocycles. The summed E-state index contributed by atoms with van der Waals surface area (Å²) in [4.78, 5) is 15.7. The Hall–Kier alpha value is -0.930. The van der Waals surface area contributed by atoms with Crippen LogP contribution in [0.3, 0.4) is 0 Å². The highest BCUT2D eigenvalue weighted by molar-refractivity contribution is 8.08. The molecule has 0 saturated carbocycles. The molecule has 2 aliphatic rings. The van der Waals surface area contributed by atoms with Crippen molar-refractivity contribution in [2.75, 3.05) is 18.8 Å². The minimum absolute atomic E-state index is 0.0452. The van der Waals surface area contributed by atoms with Crippen molar-refractivity contribution in [3.05, 3.63) is 40.9 Å². The van der Waals surface area contributed by atoms with Crippen LogP contribution in [0.1, 0.15) is 24.8 Å². The molecule has 1 unspecified atom stereocenters. The molecule has 1 fully saturated rings. The number of nitrogens with zero attached hydrogens (tertiary/aromatic N) is 1. The molecule has 20 heavy (non-hydrogen) atoms. The second-order valence-corrected chi connectivity index (χ2v) is 6.84. The number of thioether (sulfide) groups is 1. The van der Waals surface area contributed by atoms with Gasteiger partial charge in [-0.3, -0.25) is 4.79 Å². The van der Waals surface area contributed by atoms with E-state index in [0.717, 1.165) is 42.3 Å². The number of amides is 1. The SMILES string of the molecule is O=C(C1C=C(c2ccc(Cl)cc2)SC1)N1CCCCC1. The topological polar surface area (TPSA) is 20.3 Å². The Kier molecular flexibility index (Phi) is 4.37. The summed E-state index contributed by atoms with van der Waals surface area (Å²) >= 11 is 7.68. The van der Waals surface area contributed by atoms with E-state index in [1.807, 2.05) is 29.2 Å². The Morgan fingerprint density at radius 1 is 1.15 bits per heavy atom. The van der Waals surface area contributed by atoms with E-state index in [-0.39, 0.29) is 5.92 Å². The summed E-state index contributed by atoms with van der Waals surface area (Å²) in [5.74, 6) is 1.22. The number of piperidine rings is 1. The van der Waals surface area contributed by atoms with Crippen molar-refractivity contribution in [2.45, 2.75) is 19.3 Å². The number of likely N-dealkylation sites (tertiary alicyclic amines) is 1. The fraction of sp³-hybridized carbons (Fsp3) is 0.438. The maximum Gasteiger partial charge on any atom is 0.230 e. The quantitative estimate of drug-likeness (QED) is 0.821. The van der Waals surface area contributed by atoms with Gasteiger partial charge in [-0.2, -0.15) is 0 Å². The third kappa shape index (κ3) is 3.04. The van der Waals surface area contributed by atoms with Crippen LogP contribution in [0.5, 0.6) is 0 Å². The maximum absolute atomic E-state index is 12.5. The van der Waals surface area contributed by atoms with E-state index >= 15 is 0 Å². The summed E-state index contributed by atoms with van der Waals surface area (Å²) in [6, 6.07) is 7.85. The van der Waals surface area contributed by atoms with Gasteiger partial charge in [0.05, 0.1) is 5.92 Å². The van der Waals surface area contributed by atoms with E-state index in [2.05, 4.69) is 6.08 Å². The number of hydrogen-bond donors (Lipinski definition) is 0. The van der Waals surface area contributed by atoms with Gasteiger partial charge in [-0.1, -0.05) is 29.8 Å². The Balaban J connectivity index is 1.70. The third-order valence-electron chi connectivity index (χ3n) is 3.88. The van der Waals surface area contributed by atoms with E-state index in [1.54, 1.807) is 11.8 Å². The number of rotatable bonds is 2. The Labute approximate surface area is 129 Å². The summed E-state index contributed by atoms with van der Waals surface area (Å²) in [5.41, 5.74) is 1.16. The van der Waals surface area contributed by atoms with Gasteiger partial charge in [0.15, 0.2) is 0 Å². The van der Waals surface area contributed by atoms with E-state index in [1.165, 1.54) is 11.3 Å². The highest BCUT2D eigenvalue weighted by Crippen LogP contribution is 2.38. The predicted octanol–water partition coefficient (Wildman–Crippen LogP) is 4.06. The number of benzene rings is 1. The highest BCUT2D eigenvalue weighted by atomic mass is 35.5. The second-order valence-electron chi connectivity index (χ2n) is 5.34. The molecule has 1 amide bonds. The lowest BCUT2D eigenvalue weighted by molar-refractivity contribution is -0.134. The van der Waals surface area contributed by atoms with Gasteiger partial charge in [-0.25, -0.2) is 0 Å². The van der Waals surface area contributed by atoms with E-state index in [4.69, 9.17) is 11.6 Å². The molecule has 4 heteroatoms. The molecule has 0 aromatic heterocycles. The maximum atomic E-state index is 12.5. The van der Waals surface area contributed by atoms with Gasteiger partial charge in [0.25, 0.3) is 0 Å². The van der Waals surface area contributed by atoms with Crippen molar-refractivity contribution in [2.24, 2.45) is 5.92 Å². The lowest BCUT2D eigenvalue weighted by atomic mass is 10.1. The van der Waals surface area contributed by atoms with Crippen molar-refractivity contribution >= 4 is 34.2 Å². The number of carbonyl (C=O) groups excluding carboxylic acids is 1. The Morgan fingerprint density at radius 3 is 2.55 bits per heavy atom. The second kappa shape index (κ2) is 6.23. The van der Waals surface area contributed by atoms with Crippen molar-refractivity contribution in [1.29, 1.82) is 0 Å². The van der Waals surface area contributed by atoms with Crippen LogP contribution in [0.4, 0.5) is 0 Å². The Morgan fingerprint density at radius 2 is 1.85 bits per heavy atom. The van der Waals surface area contributed by atoms with Crippen LogP contribution in [0, 0.1) is 5.92 Å². The molecule has 0 N–H and O–H groups in total. The summed E-state index contributed by atoms with van der Waals surface area (Å²) < 4.78 is 0. The molecule has 1 saturated heterocycles. The molecule has 0 radical (unpaired) electrons. The molecule has 2 aliphatic heterocycles. The highest BCUT2D eigenvalue weighted by Gasteiger charge is 2.28. The number of hydrogen-bond acceptors (Lipinski definition) is 2. The summed E-state index contributed by atoms with van der Waals surface area (Å²) in [7, 11) is 0. The van der Waals surface area contributed by atoms with Crippen LogP contribution >= 0.6 is 23.4 Å². The fourth-order valence-corrected chi connectivity index (χ4v) is 4.03. The zero-order chi connectivity index (χ0) is 13.9. The minimum atomic E-state index is 0.0452. The molecule has 0 bridgehead atoms. The van der Waals surface area contributed by atoms with Gasteiger partial charge in [0, 0.05) is 28.8 Å². The lowest BCUT2D eigenvalue weighted by Crippen LogP contribution is -2.39. The molecule has 2 heterocycles. The average Bonchev–Trinajstić information content (AvgIpc) is 2.98. The van der Waals surface area contributed by atoms with Gasteiger partial charge in [0.2, 0.25) is 5.91 Å². The summed E-state index contributed by atoms with van der Waals surface area (Å²) in [6.45, 7) is 1.87. The van der Waals surface area contributed by atoms with Crippen molar-refractivity contribution in [3.8, 4) is 0 Å². The van der Waals surface area contributed by atoms with E-state index in [0.29, 0.717) is 5.91 Å². The molecule has 106 valence electrons. The molecule has 1 aromatic carbocycles. The van der Waals surface area contributed by atoms with Crippen LogP contribution in [-0.2, 0) is 4.79 Å². The average molecular weight is 308 g/mol. The van der Waals surface area contributed by atoms with Crippen molar-refractivity contribution < 1.29 is 4.79 Å². The summed E-state index contributed by atoms with van der Waals surface area (Å²) in [5, 5.41) is 0.748. The van der Waals surface area contributed by atoms with Gasteiger partial charge >= 0.3 is 0 Å². The first-order chi connectivity index (χ1) is 9.74. The number of carbonyl (C=O) groups is 1. The van der Waals surface area contributed by atoms with E-state index < -0.39 is 0 Å². The fourth-order valence-electron chi connectivity index (χ4n) is 2.74. The smallest absolute Gasteiger partial charge is 0.230 e. The van der Waals surface area contributed by atoms with Crippen molar-refractivity contribution in [3.63, 3.8) is 0 Å². The van der Waals surface area contributed by atoms with Crippen molar-refractivity contribution in [1.82, 2.24) is 4.90 Å². The first-order valence-corrected chi connectivity index (χ1v) is 8.50. The van der Waals surface area contributed by atoms with Gasteiger partial charge in [-0.05, 0) is 37.0 Å². The molecule has 1 aromatic rings. The largest absolute Gasteiger partial charge is 0.342 e. The number of halogens is 1. The first kappa shape index (κ1) is 14.0. The molecule has 2 nitrogen and oxygen atoms in total. The monoisotopic (exact) mass is 307 g/mol. The van der Waals surface area contributed by atoms with Crippen LogP contribution in [0.25, 0.3) is 4.91 Å². The standard InChI is InChI=1S/C16H18ClNOS/c17-14-6-4-12(5-7-14)15-10-13(11-20-15)16(19)18-8-2-1-3-9-18/h4-7,10,13H,1-3,8-9,11H2. The van der Waals surface area contributed by atoms with Gasteiger partial charge < -0.3 is 4.90 Å². The molecule has 0 spiro atoms. The Bertz CT molecular complexity index is 520. The van der Waals surface area contributed by atoms with Gasteiger partial charge in [-0.15, -0.1) is 11.8 Å². The van der Waals surface area contributed by atoms with Crippen LogP contribution in [-0.4, -0.2) is 29.6 Å². The van der Waals surface area contributed by atoms with E-state index in [9.17, 15) is 4.79 Å². The molecule has 1 atom stereocenters. The summed E-state index contributed by atoms with van der Waals surface area (Å²) in [6.07, 6.45) is 5.69. The minimum Gasteiger partial charge on any atom is -0.342 e. The molecular formula is C16H18ClNOS. The third-order valence-corrected chi connectivity index (χ3v) is 5.35. The van der Waals surface area contributed by atoms with Crippen LogP contribution in [0.15, 0.2) is 30.3 Å². The normalized spacial score (nSPS) is 22.8.